The van der Waals surface area contributed by atoms with Gasteiger partial charge < -0.3 is 15.5 Å². The lowest BCUT2D eigenvalue weighted by Crippen LogP contribution is -2.64. The number of rotatable bonds is 4. The van der Waals surface area contributed by atoms with Crippen LogP contribution in [0.4, 0.5) is 0 Å². The highest BCUT2D eigenvalue weighted by Gasteiger charge is 2.51. The van der Waals surface area contributed by atoms with Crippen LogP contribution in [-0.4, -0.2) is 32.7 Å². The van der Waals surface area contributed by atoms with Crippen LogP contribution in [0.1, 0.15) is 24.2 Å². The van der Waals surface area contributed by atoms with Gasteiger partial charge in [0.05, 0.1) is 4.87 Å². The molecule has 1 rings (SSSR count). The summed E-state index contributed by atoms with van der Waals surface area (Å²) in [4.78, 5) is 21.3. The Morgan fingerprint density at radius 1 is 1.22 bits per heavy atom. The van der Waals surface area contributed by atoms with Crippen molar-refractivity contribution in [2.75, 3.05) is 0 Å². The molecule has 0 bridgehead atoms. The molecule has 5 nitrogen and oxygen atoms in total. The van der Waals surface area contributed by atoms with Crippen LogP contribution in [0.5, 0.6) is 0 Å². The molecule has 0 fully saturated rings. The van der Waals surface area contributed by atoms with Crippen molar-refractivity contribution in [1.29, 1.82) is 0 Å². The zero-order chi connectivity index (χ0) is 14.0. The zero-order valence-electron chi connectivity index (χ0n) is 9.98. The van der Waals surface area contributed by atoms with Crippen LogP contribution in [0.2, 0.25) is 0 Å². The summed E-state index contributed by atoms with van der Waals surface area (Å²) in [6.07, 6.45) is 0. The van der Waals surface area contributed by atoms with Crippen LogP contribution in [-0.2, 0) is 4.79 Å². The highest BCUT2D eigenvalue weighted by Crippen LogP contribution is 2.27. The number of aliphatic hydroxyl groups is 1. The second kappa shape index (κ2) is 4.96. The number of amides is 1. The molecule has 0 aromatic heterocycles. The van der Waals surface area contributed by atoms with Gasteiger partial charge in [0.25, 0.3) is 11.6 Å². The number of carbonyl (C=O) groups is 2. The minimum atomic E-state index is -2.55. The van der Waals surface area contributed by atoms with E-state index in [-0.39, 0.29) is 5.56 Å². The van der Waals surface area contributed by atoms with Gasteiger partial charge in [0.15, 0.2) is 0 Å². The fourth-order valence-corrected chi connectivity index (χ4v) is 1.41. The molecule has 1 aromatic carbocycles. The number of carbonyl (C=O) groups excluding carboxylic acids is 1. The average Bonchev–Trinajstić information content (AvgIpc) is 2.28. The summed E-state index contributed by atoms with van der Waals surface area (Å²) in [6.45, 7) is 2.60. The Morgan fingerprint density at radius 2 is 1.72 bits per heavy atom. The SMILES string of the molecule is CC(C)(Cl)[C@](O)(NC(=O)c1ccccc1)C(=O)O. The van der Waals surface area contributed by atoms with Gasteiger partial charge in [0.1, 0.15) is 0 Å². The van der Waals surface area contributed by atoms with E-state index >= 15 is 0 Å². The molecule has 1 atom stereocenters. The normalized spacial score (nSPS) is 14.7. The van der Waals surface area contributed by atoms with Gasteiger partial charge >= 0.3 is 5.97 Å². The summed E-state index contributed by atoms with van der Waals surface area (Å²) in [5.74, 6) is -2.33. The predicted octanol–water partition coefficient (Wildman–Crippen LogP) is 1.21. The number of halogens is 1. The van der Waals surface area contributed by atoms with Gasteiger partial charge in [-0.25, -0.2) is 4.79 Å². The second-order valence-electron chi connectivity index (χ2n) is 4.31. The summed E-state index contributed by atoms with van der Waals surface area (Å²) < 4.78 is 0. The molecule has 0 aliphatic rings. The molecule has 0 aliphatic heterocycles. The lowest BCUT2D eigenvalue weighted by molar-refractivity contribution is -0.164. The molecule has 18 heavy (non-hydrogen) atoms. The van der Waals surface area contributed by atoms with Gasteiger partial charge in [0, 0.05) is 5.56 Å². The minimum absolute atomic E-state index is 0.234. The van der Waals surface area contributed by atoms with Crippen LogP contribution in [0.3, 0.4) is 0 Å². The Kier molecular flexibility index (Phi) is 3.98. The first kappa shape index (κ1) is 14.5. The minimum Gasteiger partial charge on any atom is -0.478 e. The van der Waals surface area contributed by atoms with Crippen molar-refractivity contribution < 1.29 is 19.8 Å². The smallest absolute Gasteiger partial charge is 0.359 e. The molecule has 3 N–H and O–H groups in total. The topological polar surface area (TPSA) is 86.6 Å². The van der Waals surface area contributed by atoms with Crippen LogP contribution < -0.4 is 5.32 Å². The first-order valence-corrected chi connectivity index (χ1v) is 5.58. The number of carboxylic acids is 1. The predicted molar refractivity (Wildman–Crippen MR) is 66.4 cm³/mol. The first-order chi connectivity index (χ1) is 8.18. The number of nitrogens with one attached hydrogen (secondary N) is 1. The van der Waals surface area contributed by atoms with Crippen molar-refractivity contribution in [2.24, 2.45) is 0 Å². The summed E-state index contributed by atoms with van der Waals surface area (Å²) in [7, 11) is 0. The van der Waals surface area contributed by atoms with E-state index in [1.54, 1.807) is 18.2 Å². The molecule has 0 heterocycles. The summed E-state index contributed by atoms with van der Waals surface area (Å²) in [6, 6.07) is 7.96. The third-order valence-corrected chi connectivity index (χ3v) is 2.77. The van der Waals surface area contributed by atoms with Gasteiger partial charge in [0.2, 0.25) is 0 Å². The lowest BCUT2D eigenvalue weighted by atomic mass is 9.98. The number of carboxylic acid groups (broad SMARTS) is 1. The fourth-order valence-electron chi connectivity index (χ4n) is 1.28. The van der Waals surface area contributed by atoms with E-state index in [0.717, 1.165) is 0 Å². The molecule has 6 heteroatoms. The van der Waals surface area contributed by atoms with Crippen LogP contribution in [0.15, 0.2) is 30.3 Å². The van der Waals surface area contributed by atoms with Crippen molar-refractivity contribution in [3.8, 4) is 0 Å². The molecule has 0 saturated heterocycles. The Morgan fingerprint density at radius 3 is 2.11 bits per heavy atom. The van der Waals surface area contributed by atoms with Crippen LogP contribution >= 0.6 is 11.6 Å². The van der Waals surface area contributed by atoms with E-state index in [2.05, 4.69) is 0 Å². The standard InChI is InChI=1S/C12H14ClNO4/c1-11(2,13)12(18,10(16)17)14-9(15)8-6-4-3-5-7-8/h3-7,18H,1-2H3,(H,14,15)(H,16,17)/t12-/m0/s1. The summed E-state index contributed by atoms with van der Waals surface area (Å²) in [5, 5.41) is 21.0. The molecule has 0 unspecified atom stereocenters. The summed E-state index contributed by atoms with van der Waals surface area (Å²) >= 11 is 5.82. The maximum atomic E-state index is 11.8. The number of benzene rings is 1. The third kappa shape index (κ3) is 2.80. The van der Waals surface area contributed by atoms with E-state index in [4.69, 9.17) is 16.7 Å². The highest BCUT2D eigenvalue weighted by molar-refractivity contribution is 6.26. The van der Waals surface area contributed by atoms with Crippen molar-refractivity contribution >= 4 is 23.5 Å². The molecule has 98 valence electrons. The molecular formula is C12H14ClNO4. The van der Waals surface area contributed by atoms with Gasteiger partial charge in [-0.1, -0.05) is 18.2 Å². The van der Waals surface area contributed by atoms with Gasteiger partial charge in [-0.15, -0.1) is 11.6 Å². The molecular weight excluding hydrogens is 258 g/mol. The van der Waals surface area contributed by atoms with Crippen molar-refractivity contribution in [3.05, 3.63) is 35.9 Å². The van der Waals surface area contributed by atoms with E-state index in [1.807, 2.05) is 5.32 Å². The quantitative estimate of drug-likeness (QED) is 0.567. The molecule has 0 spiro atoms. The second-order valence-corrected chi connectivity index (χ2v) is 5.25. The van der Waals surface area contributed by atoms with Crippen LogP contribution in [0, 0.1) is 0 Å². The Bertz CT molecular complexity index is 455. The molecule has 0 saturated carbocycles. The lowest BCUT2D eigenvalue weighted by Gasteiger charge is -2.34. The van der Waals surface area contributed by atoms with Crippen molar-refractivity contribution in [2.45, 2.75) is 24.4 Å². The molecule has 1 amide bonds. The van der Waals surface area contributed by atoms with Crippen LogP contribution in [0.25, 0.3) is 0 Å². The van der Waals surface area contributed by atoms with E-state index < -0.39 is 22.5 Å². The van der Waals surface area contributed by atoms with Gasteiger partial charge in [-0.3, -0.25) is 4.79 Å². The average molecular weight is 272 g/mol. The number of hydrogen-bond acceptors (Lipinski definition) is 3. The van der Waals surface area contributed by atoms with Gasteiger partial charge in [-0.2, -0.15) is 0 Å². The third-order valence-electron chi connectivity index (χ3n) is 2.50. The molecule has 0 aliphatic carbocycles. The van der Waals surface area contributed by atoms with Gasteiger partial charge in [-0.05, 0) is 26.0 Å². The first-order valence-electron chi connectivity index (χ1n) is 5.21. The monoisotopic (exact) mass is 271 g/mol. The Hall–Kier alpha value is -1.59. The number of aliphatic carboxylic acids is 1. The fraction of sp³-hybridized carbons (Fsp3) is 0.333. The molecule has 1 aromatic rings. The zero-order valence-corrected chi connectivity index (χ0v) is 10.7. The highest BCUT2D eigenvalue weighted by atomic mass is 35.5. The number of hydrogen-bond donors (Lipinski definition) is 3. The van der Waals surface area contributed by atoms with E-state index in [1.165, 1.54) is 26.0 Å². The van der Waals surface area contributed by atoms with Crippen molar-refractivity contribution in [3.63, 3.8) is 0 Å². The van der Waals surface area contributed by atoms with Crippen molar-refractivity contribution in [1.82, 2.24) is 5.32 Å². The maximum absolute atomic E-state index is 11.8. The van der Waals surface area contributed by atoms with E-state index in [0.29, 0.717) is 0 Å². The summed E-state index contributed by atoms with van der Waals surface area (Å²) in [5.41, 5.74) is -2.32. The number of alkyl halides is 1. The maximum Gasteiger partial charge on any atom is 0.359 e. The Labute approximate surface area is 109 Å². The Balaban J connectivity index is 3.01. The molecule has 0 radical (unpaired) electrons. The largest absolute Gasteiger partial charge is 0.478 e. The van der Waals surface area contributed by atoms with E-state index in [9.17, 15) is 14.7 Å².